The van der Waals surface area contributed by atoms with Gasteiger partial charge in [0.2, 0.25) is 11.9 Å². The third-order valence-corrected chi connectivity index (χ3v) is 19.9. The van der Waals surface area contributed by atoms with Gasteiger partial charge in [0.15, 0.2) is 16.6 Å². The molecule has 1 fully saturated rings. The van der Waals surface area contributed by atoms with E-state index in [2.05, 4.69) is 72.7 Å². The number of alkyl halides is 2. The molecule has 0 spiro atoms. The molecule has 1 aliphatic carbocycles. The monoisotopic (exact) mass is 636 g/mol. The van der Waals surface area contributed by atoms with E-state index >= 15 is 4.39 Å². The van der Waals surface area contributed by atoms with Gasteiger partial charge >= 0.3 is 0 Å². The van der Waals surface area contributed by atoms with Gasteiger partial charge in [-0.25, -0.2) is 18.0 Å². The van der Waals surface area contributed by atoms with Crippen LogP contribution in [0.3, 0.4) is 0 Å². The molecule has 2 rings (SSSR count). The highest BCUT2D eigenvalue weighted by Gasteiger charge is 2.55. The fourth-order valence-electron chi connectivity index (χ4n) is 5.10. The van der Waals surface area contributed by atoms with Gasteiger partial charge < -0.3 is 8.85 Å². The predicted octanol–water partition coefficient (Wildman–Crippen LogP) is 8.63. The second-order valence-corrected chi connectivity index (χ2v) is 27.3. The molecule has 238 valence electrons. The minimum atomic E-state index is -2.96. The minimum absolute atomic E-state index is 0.0195. The Morgan fingerprint density at radius 2 is 1.54 bits per heavy atom. The van der Waals surface area contributed by atoms with Crippen LogP contribution in [0.5, 0.6) is 0 Å². The fraction of sp³-hybridized carbons (Fsp3) is 0.833. The molecule has 11 heteroatoms. The van der Waals surface area contributed by atoms with Crippen molar-refractivity contribution in [3.05, 3.63) is 29.3 Å². The Balaban J connectivity index is 2.57. The molecule has 0 saturated heterocycles. The Morgan fingerprint density at radius 1 is 1.02 bits per heavy atom. The smallest absolute Gasteiger partial charge is 0.249 e. The van der Waals surface area contributed by atoms with Crippen LogP contribution in [0.25, 0.3) is 0 Å². The molecule has 41 heavy (non-hydrogen) atoms. The van der Waals surface area contributed by atoms with Gasteiger partial charge in [-0.15, -0.1) is 0 Å². The van der Waals surface area contributed by atoms with E-state index < -0.39 is 62.2 Å². The van der Waals surface area contributed by atoms with Gasteiger partial charge in [-0.05, 0) is 87.4 Å². The molecule has 1 aromatic heterocycles. The normalized spacial score (nSPS) is 22.8. The third kappa shape index (κ3) is 9.44. The van der Waals surface area contributed by atoms with E-state index in [1.54, 1.807) is 13.8 Å². The molecular formula is C30H55F3N2O3SSi2. The van der Waals surface area contributed by atoms with E-state index in [1.807, 2.05) is 0 Å². The zero-order valence-corrected chi connectivity index (χ0v) is 30.5. The van der Waals surface area contributed by atoms with Crippen molar-refractivity contribution in [2.75, 3.05) is 0 Å². The Morgan fingerprint density at radius 3 is 1.98 bits per heavy atom. The van der Waals surface area contributed by atoms with Crippen LogP contribution in [0.4, 0.5) is 13.2 Å². The summed E-state index contributed by atoms with van der Waals surface area (Å²) in [5, 5.41) is 5.87. The lowest BCUT2D eigenvalue weighted by Crippen LogP contribution is -2.60. The van der Waals surface area contributed by atoms with E-state index in [4.69, 9.17) is 14.0 Å². The van der Waals surface area contributed by atoms with E-state index in [9.17, 15) is 13.0 Å². The maximum atomic E-state index is 15.4. The quantitative estimate of drug-likeness (QED) is 0.184. The first-order chi connectivity index (χ1) is 18.1. The van der Waals surface area contributed by atoms with Crippen LogP contribution in [0.15, 0.2) is 12.3 Å². The van der Waals surface area contributed by atoms with E-state index in [1.165, 1.54) is 12.3 Å². The Bertz CT molecular complexity index is 1090. The number of pyridine rings is 1. The van der Waals surface area contributed by atoms with Gasteiger partial charge in [-0.1, -0.05) is 41.5 Å². The summed E-state index contributed by atoms with van der Waals surface area (Å²) in [5.41, 5.74) is -0.0840. The second kappa shape index (κ2) is 12.1. The van der Waals surface area contributed by atoms with Gasteiger partial charge in [-0.2, -0.15) is 4.39 Å². The van der Waals surface area contributed by atoms with E-state index in [0.717, 1.165) is 6.92 Å². The highest BCUT2D eigenvalue weighted by atomic mass is 32.2. The number of nitrogens with two attached hydrogens (primary N) is 1. The maximum absolute atomic E-state index is 15.4. The zero-order chi connectivity index (χ0) is 32.0. The van der Waals surface area contributed by atoms with E-state index in [-0.39, 0.29) is 33.7 Å². The molecule has 1 aliphatic rings. The maximum Gasteiger partial charge on any atom is 0.249 e. The highest BCUT2D eigenvalue weighted by Crippen LogP contribution is 2.53. The molecule has 0 bridgehead atoms. The van der Waals surface area contributed by atoms with Crippen LogP contribution in [-0.2, 0) is 26.3 Å². The van der Waals surface area contributed by atoms with Crippen molar-refractivity contribution >= 4 is 27.6 Å². The molecule has 0 amide bonds. The molecular weight excluding hydrogens is 582 g/mol. The Kier molecular flexibility index (Phi) is 10.8. The molecule has 0 aromatic carbocycles. The van der Waals surface area contributed by atoms with Gasteiger partial charge in [-0.3, -0.25) is 5.14 Å². The third-order valence-electron chi connectivity index (χ3n) is 9.52. The summed E-state index contributed by atoms with van der Waals surface area (Å²) < 4.78 is 68.8. The van der Waals surface area contributed by atoms with Crippen LogP contribution in [0.2, 0.25) is 36.3 Å². The molecule has 1 aromatic rings. The largest absolute Gasteiger partial charge is 0.414 e. The number of halogens is 3. The van der Waals surface area contributed by atoms with Crippen LogP contribution in [0, 0.1) is 5.95 Å². The average molecular weight is 637 g/mol. The molecule has 0 aliphatic heterocycles. The van der Waals surface area contributed by atoms with Crippen LogP contribution >= 0.6 is 0 Å². The summed E-state index contributed by atoms with van der Waals surface area (Å²) in [4.78, 5) is 3.88. The predicted molar refractivity (Wildman–Crippen MR) is 169 cm³/mol. The SMILES string of the molecule is CC(F)(F)Cc1cnc(F)c([C@@H](CC2(O[Si](C)(C)C(C)(C)C)CC(O[Si](C)(C)C(C)(C)C)C2)CC(C)(C)S(N)=O)c1. The van der Waals surface area contributed by atoms with Crippen molar-refractivity contribution in [3.8, 4) is 0 Å². The van der Waals surface area contributed by atoms with Crippen molar-refractivity contribution in [2.45, 2.75) is 159 Å². The van der Waals surface area contributed by atoms with Gasteiger partial charge in [0.25, 0.3) is 0 Å². The second-order valence-electron chi connectivity index (χ2n) is 16.1. The Labute approximate surface area is 251 Å². The molecule has 1 saturated carbocycles. The number of aromatic nitrogens is 1. The molecule has 1 heterocycles. The van der Waals surface area contributed by atoms with Crippen molar-refractivity contribution in [1.29, 1.82) is 0 Å². The summed E-state index contributed by atoms with van der Waals surface area (Å²) >= 11 is 0. The number of nitrogens with zero attached hydrogens (tertiary/aromatic N) is 1. The first kappa shape index (κ1) is 36.6. The van der Waals surface area contributed by atoms with Crippen molar-refractivity contribution < 1.29 is 26.2 Å². The van der Waals surface area contributed by atoms with Gasteiger partial charge in [0, 0.05) is 31.0 Å². The fourth-order valence-corrected chi connectivity index (χ4v) is 8.46. The standard InChI is InChI=1S/C30H55F3N2O3SSi2/c1-26(2,3)40(10,11)37-23-18-30(19-23,38-41(12,13)27(4,5)6)17-22(16-28(7,8)39(34)36)24-14-21(15-29(9,32)33)20-35-25(24)31/h14,20,22-23H,15-19,34H2,1-13H3/t22-,23?,30?,39?/m1/s1. The van der Waals surface area contributed by atoms with Gasteiger partial charge in [0.1, 0.15) is 0 Å². The molecule has 1 unspecified atom stereocenters. The van der Waals surface area contributed by atoms with Crippen molar-refractivity contribution in [3.63, 3.8) is 0 Å². The number of hydrogen-bond donors (Lipinski definition) is 1. The lowest BCUT2D eigenvalue weighted by molar-refractivity contribution is -0.105. The van der Waals surface area contributed by atoms with Crippen molar-refractivity contribution in [2.24, 2.45) is 5.14 Å². The van der Waals surface area contributed by atoms with Crippen LogP contribution < -0.4 is 5.14 Å². The van der Waals surface area contributed by atoms with Gasteiger partial charge in [0.05, 0.1) is 27.4 Å². The summed E-state index contributed by atoms with van der Waals surface area (Å²) in [5.74, 6) is -4.15. The summed E-state index contributed by atoms with van der Waals surface area (Å²) in [6.45, 7) is 26.5. The van der Waals surface area contributed by atoms with Crippen LogP contribution in [-0.4, -0.2) is 48.2 Å². The number of rotatable bonds is 12. The van der Waals surface area contributed by atoms with Crippen LogP contribution in [0.1, 0.15) is 105 Å². The molecule has 2 N–H and O–H groups in total. The van der Waals surface area contributed by atoms with Crippen molar-refractivity contribution in [1.82, 2.24) is 4.98 Å². The first-order valence-corrected chi connectivity index (χ1v) is 21.7. The molecule has 2 atom stereocenters. The summed E-state index contributed by atoms with van der Waals surface area (Å²) in [6.07, 6.45) is 2.70. The number of hydrogen-bond acceptors (Lipinski definition) is 4. The molecule has 5 nitrogen and oxygen atoms in total. The first-order valence-electron chi connectivity index (χ1n) is 14.7. The lowest BCUT2D eigenvalue weighted by Gasteiger charge is -2.56. The Hall–Kier alpha value is -0.596. The lowest BCUT2D eigenvalue weighted by atomic mass is 9.69. The molecule has 0 radical (unpaired) electrons. The highest BCUT2D eigenvalue weighted by molar-refractivity contribution is 7.84. The summed E-state index contributed by atoms with van der Waals surface area (Å²) in [6, 6.07) is 1.50. The van der Waals surface area contributed by atoms with E-state index in [0.29, 0.717) is 19.3 Å². The minimum Gasteiger partial charge on any atom is -0.414 e. The average Bonchev–Trinajstić information content (AvgIpc) is 2.70. The zero-order valence-electron chi connectivity index (χ0n) is 27.6. The topological polar surface area (TPSA) is 74.4 Å². The summed E-state index contributed by atoms with van der Waals surface area (Å²) in [7, 11) is -6.00.